The summed E-state index contributed by atoms with van der Waals surface area (Å²) in [6.45, 7) is 0.0237. The number of hydrogen-bond acceptors (Lipinski definition) is 6. The van der Waals surface area contributed by atoms with Crippen molar-refractivity contribution in [2.75, 3.05) is 12.4 Å². The third-order valence-electron chi connectivity index (χ3n) is 3.84. The monoisotopic (exact) mass is 372 g/mol. The number of rotatable bonds is 6. The van der Waals surface area contributed by atoms with Gasteiger partial charge in [0.05, 0.1) is 24.9 Å². The molecule has 1 aliphatic heterocycles. The summed E-state index contributed by atoms with van der Waals surface area (Å²) in [4.78, 5) is 37.0. The predicted molar refractivity (Wildman–Crippen MR) is 97.3 cm³/mol. The largest absolute Gasteiger partial charge is 0.495 e. The molecule has 2 aromatic rings. The van der Waals surface area contributed by atoms with Crippen LogP contribution in [0, 0.1) is 0 Å². The van der Waals surface area contributed by atoms with Crippen molar-refractivity contribution in [1.29, 1.82) is 0 Å². The number of nitrogens with one attached hydrogen (secondary N) is 1. The molecule has 2 amide bonds. The number of benzene rings is 2. The Hall–Kier alpha value is -3.00. The number of aromatic carboxylic acids is 1. The number of imide groups is 1. The molecule has 2 N–H and O–H groups in total. The number of para-hydroxylation sites is 2. The highest BCUT2D eigenvalue weighted by molar-refractivity contribution is 8.15. The van der Waals surface area contributed by atoms with E-state index in [2.05, 4.69) is 5.32 Å². The van der Waals surface area contributed by atoms with Crippen molar-refractivity contribution in [2.24, 2.45) is 0 Å². The molecule has 2 aromatic carbocycles. The van der Waals surface area contributed by atoms with Gasteiger partial charge in [-0.05, 0) is 41.6 Å². The molecule has 0 bridgehead atoms. The van der Waals surface area contributed by atoms with E-state index in [0.29, 0.717) is 17.0 Å². The number of carbonyl (C=O) groups is 3. The second-order valence-corrected chi connectivity index (χ2v) is 6.59. The lowest BCUT2D eigenvalue weighted by Gasteiger charge is -2.16. The number of carboxylic acids is 1. The number of carboxylic acid groups (broad SMARTS) is 1. The van der Waals surface area contributed by atoms with Crippen LogP contribution in [0.2, 0.25) is 0 Å². The summed E-state index contributed by atoms with van der Waals surface area (Å²) in [5.74, 6) is -0.872. The van der Waals surface area contributed by atoms with Crippen molar-refractivity contribution in [3.63, 3.8) is 0 Å². The molecule has 0 aromatic heterocycles. The Kier molecular flexibility index (Phi) is 5.13. The van der Waals surface area contributed by atoms with Crippen LogP contribution in [-0.4, -0.2) is 39.6 Å². The maximum Gasteiger partial charge on any atom is 0.335 e. The summed E-state index contributed by atoms with van der Waals surface area (Å²) >= 11 is 0.880. The first-order chi connectivity index (χ1) is 12.5. The van der Waals surface area contributed by atoms with Crippen LogP contribution in [0.4, 0.5) is 10.5 Å². The van der Waals surface area contributed by atoms with E-state index in [0.717, 1.165) is 16.7 Å². The fourth-order valence-electron chi connectivity index (χ4n) is 2.57. The van der Waals surface area contributed by atoms with Gasteiger partial charge in [0.15, 0.2) is 5.37 Å². The molecule has 0 aliphatic carbocycles. The molecule has 0 radical (unpaired) electrons. The highest BCUT2D eigenvalue weighted by Crippen LogP contribution is 2.32. The lowest BCUT2D eigenvalue weighted by molar-refractivity contribution is -0.126. The smallest absolute Gasteiger partial charge is 0.335 e. The summed E-state index contributed by atoms with van der Waals surface area (Å²) in [6.07, 6.45) is 0. The zero-order valence-electron chi connectivity index (χ0n) is 13.8. The van der Waals surface area contributed by atoms with Gasteiger partial charge in [-0.1, -0.05) is 24.3 Å². The SMILES string of the molecule is COc1ccccc1NC1SC(=O)N(Cc2cccc(C(=O)O)c2)C1=O. The van der Waals surface area contributed by atoms with Crippen LogP contribution in [0.1, 0.15) is 15.9 Å². The van der Waals surface area contributed by atoms with Gasteiger partial charge in [0.1, 0.15) is 5.75 Å². The first-order valence-corrected chi connectivity index (χ1v) is 8.61. The zero-order chi connectivity index (χ0) is 18.7. The molecule has 1 unspecified atom stereocenters. The molecule has 8 heteroatoms. The van der Waals surface area contributed by atoms with Crippen molar-refractivity contribution in [1.82, 2.24) is 4.90 Å². The van der Waals surface area contributed by atoms with Gasteiger partial charge in [0.2, 0.25) is 0 Å². The maximum absolute atomic E-state index is 12.6. The Balaban J connectivity index is 1.75. The highest BCUT2D eigenvalue weighted by Gasteiger charge is 2.40. The van der Waals surface area contributed by atoms with E-state index < -0.39 is 11.3 Å². The number of methoxy groups -OCH3 is 1. The summed E-state index contributed by atoms with van der Waals surface area (Å²) < 4.78 is 5.24. The molecule has 0 spiro atoms. The summed E-state index contributed by atoms with van der Waals surface area (Å²) in [6, 6.07) is 13.3. The van der Waals surface area contributed by atoms with E-state index in [9.17, 15) is 14.4 Å². The fraction of sp³-hybridized carbons (Fsp3) is 0.167. The van der Waals surface area contributed by atoms with Crippen molar-refractivity contribution in [2.45, 2.75) is 11.9 Å². The van der Waals surface area contributed by atoms with E-state index in [1.165, 1.54) is 19.2 Å². The molecule has 1 aliphatic rings. The third kappa shape index (κ3) is 3.65. The molecule has 1 fully saturated rings. The first-order valence-electron chi connectivity index (χ1n) is 7.73. The van der Waals surface area contributed by atoms with Crippen LogP contribution in [0.3, 0.4) is 0 Å². The average Bonchev–Trinajstić information content (AvgIpc) is 2.90. The van der Waals surface area contributed by atoms with E-state index >= 15 is 0 Å². The average molecular weight is 372 g/mol. The Morgan fingerprint density at radius 1 is 1.23 bits per heavy atom. The second-order valence-electron chi connectivity index (χ2n) is 5.54. The first kappa shape index (κ1) is 17.8. The summed E-state index contributed by atoms with van der Waals surface area (Å²) in [7, 11) is 1.52. The number of hydrogen-bond donors (Lipinski definition) is 2. The van der Waals surface area contributed by atoms with Gasteiger partial charge in [-0.25, -0.2) is 4.79 Å². The molecule has 7 nitrogen and oxygen atoms in total. The van der Waals surface area contributed by atoms with E-state index in [1.807, 2.05) is 0 Å². The van der Waals surface area contributed by atoms with Crippen LogP contribution in [0.15, 0.2) is 48.5 Å². The van der Waals surface area contributed by atoms with Crippen LogP contribution in [0.25, 0.3) is 0 Å². The fourth-order valence-corrected chi connectivity index (χ4v) is 3.47. The molecule has 1 atom stereocenters. The van der Waals surface area contributed by atoms with Crippen molar-refractivity contribution >= 4 is 34.6 Å². The molecular weight excluding hydrogens is 356 g/mol. The Morgan fingerprint density at radius 2 is 2.00 bits per heavy atom. The van der Waals surface area contributed by atoms with Crippen LogP contribution >= 0.6 is 11.8 Å². The van der Waals surface area contributed by atoms with Crippen LogP contribution in [0.5, 0.6) is 5.75 Å². The predicted octanol–water partition coefficient (Wildman–Crippen LogP) is 3.03. The number of ether oxygens (including phenoxy) is 1. The van der Waals surface area contributed by atoms with Gasteiger partial charge in [-0.2, -0.15) is 0 Å². The Labute approximate surface area is 153 Å². The summed E-state index contributed by atoms with van der Waals surface area (Å²) in [5.41, 5.74) is 1.30. The molecule has 0 saturated carbocycles. The van der Waals surface area contributed by atoms with Crippen LogP contribution < -0.4 is 10.1 Å². The lowest BCUT2D eigenvalue weighted by atomic mass is 10.1. The maximum atomic E-state index is 12.6. The number of thioether (sulfide) groups is 1. The third-order valence-corrected chi connectivity index (χ3v) is 4.81. The number of amides is 2. The highest BCUT2D eigenvalue weighted by atomic mass is 32.2. The molecular formula is C18H16N2O5S. The van der Waals surface area contributed by atoms with E-state index in [1.54, 1.807) is 36.4 Å². The minimum absolute atomic E-state index is 0.0237. The lowest BCUT2D eigenvalue weighted by Crippen LogP contribution is -2.34. The van der Waals surface area contributed by atoms with E-state index in [4.69, 9.17) is 9.84 Å². The zero-order valence-corrected chi connectivity index (χ0v) is 14.7. The van der Waals surface area contributed by atoms with Gasteiger partial charge in [-0.3, -0.25) is 14.5 Å². The normalized spacial score (nSPS) is 16.7. The molecule has 1 saturated heterocycles. The molecule has 3 rings (SSSR count). The van der Waals surface area contributed by atoms with Gasteiger partial charge >= 0.3 is 5.97 Å². The minimum atomic E-state index is -1.06. The Morgan fingerprint density at radius 3 is 2.73 bits per heavy atom. The quantitative estimate of drug-likeness (QED) is 0.804. The van der Waals surface area contributed by atoms with Crippen molar-refractivity contribution in [3.05, 3.63) is 59.7 Å². The van der Waals surface area contributed by atoms with Gasteiger partial charge in [0.25, 0.3) is 11.1 Å². The Bertz CT molecular complexity index is 870. The summed E-state index contributed by atoms with van der Waals surface area (Å²) in [5, 5.41) is 10.9. The molecule has 1 heterocycles. The number of carbonyl (C=O) groups excluding carboxylic acids is 2. The molecule has 134 valence electrons. The van der Waals surface area contributed by atoms with Crippen LogP contribution in [-0.2, 0) is 11.3 Å². The standard InChI is InChI=1S/C18H16N2O5S/c1-25-14-8-3-2-7-13(14)19-15-16(21)20(18(24)26-15)10-11-5-4-6-12(9-11)17(22)23/h2-9,15,19H,10H2,1H3,(H,22,23). The molecule has 26 heavy (non-hydrogen) atoms. The number of anilines is 1. The van der Waals surface area contributed by atoms with Gasteiger partial charge in [-0.15, -0.1) is 0 Å². The topological polar surface area (TPSA) is 95.9 Å². The van der Waals surface area contributed by atoms with Crippen molar-refractivity contribution < 1.29 is 24.2 Å². The van der Waals surface area contributed by atoms with Crippen molar-refractivity contribution in [3.8, 4) is 5.75 Å². The minimum Gasteiger partial charge on any atom is -0.495 e. The van der Waals surface area contributed by atoms with Gasteiger partial charge in [0, 0.05) is 0 Å². The van der Waals surface area contributed by atoms with Gasteiger partial charge < -0.3 is 15.2 Å². The number of nitrogens with zero attached hydrogens (tertiary/aromatic N) is 1. The van der Waals surface area contributed by atoms with E-state index in [-0.39, 0.29) is 23.3 Å². The second kappa shape index (κ2) is 7.49.